The van der Waals surface area contributed by atoms with E-state index < -0.39 is 6.10 Å². The Morgan fingerprint density at radius 1 is 1.07 bits per heavy atom. The standard InChI is InChI=1S/C23H27N3O3/c1-17-8-7-9-18(14-17)24-22(27)16-26-15-21(23(28)25-12-5-2-6-13-25)29-20-11-4-3-10-19(20)26/h3-4,7-11,14,21H,2,5-6,12-13,15-16H2,1H3,(H,24,27). The van der Waals surface area contributed by atoms with Gasteiger partial charge in [-0.2, -0.15) is 0 Å². The maximum Gasteiger partial charge on any atom is 0.265 e. The number of nitrogens with one attached hydrogen (secondary N) is 1. The van der Waals surface area contributed by atoms with E-state index in [0.29, 0.717) is 12.3 Å². The van der Waals surface area contributed by atoms with Crippen molar-refractivity contribution >= 4 is 23.2 Å². The summed E-state index contributed by atoms with van der Waals surface area (Å²) in [6.45, 7) is 4.10. The van der Waals surface area contributed by atoms with Crippen molar-refractivity contribution in [1.29, 1.82) is 0 Å². The molecule has 1 saturated heterocycles. The van der Waals surface area contributed by atoms with E-state index in [4.69, 9.17) is 4.74 Å². The summed E-state index contributed by atoms with van der Waals surface area (Å²) in [6, 6.07) is 15.3. The van der Waals surface area contributed by atoms with Crippen LogP contribution in [0.1, 0.15) is 24.8 Å². The highest BCUT2D eigenvalue weighted by Gasteiger charge is 2.34. The Morgan fingerprint density at radius 2 is 1.86 bits per heavy atom. The van der Waals surface area contributed by atoms with Crippen molar-refractivity contribution in [3.8, 4) is 5.75 Å². The lowest BCUT2D eigenvalue weighted by Gasteiger charge is -2.38. The first-order valence-corrected chi connectivity index (χ1v) is 10.3. The van der Waals surface area contributed by atoms with Crippen LogP contribution in [-0.2, 0) is 9.59 Å². The van der Waals surface area contributed by atoms with Crippen LogP contribution in [0.25, 0.3) is 0 Å². The summed E-state index contributed by atoms with van der Waals surface area (Å²) in [5.41, 5.74) is 2.71. The highest BCUT2D eigenvalue weighted by Crippen LogP contribution is 2.33. The highest BCUT2D eigenvalue weighted by atomic mass is 16.5. The molecule has 1 fully saturated rings. The Bertz CT molecular complexity index is 892. The van der Waals surface area contributed by atoms with Gasteiger partial charge in [-0.25, -0.2) is 0 Å². The first-order valence-electron chi connectivity index (χ1n) is 10.3. The number of likely N-dealkylation sites (tertiary alicyclic amines) is 1. The number of fused-ring (bicyclic) bond motifs is 1. The fraction of sp³-hybridized carbons (Fsp3) is 0.391. The lowest BCUT2D eigenvalue weighted by Crippen LogP contribution is -2.52. The van der Waals surface area contributed by atoms with Crippen LogP contribution < -0.4 is 15.0 Å². The Hall–Kier alpha value is -3.02. The zero-order valence-corrected chi connectivity index (χ0v) is 16.8. The molecule has 0 radical (unpaired) electrons. The molecular formula is C23H27N3O3. The van der Waals surface area contributed by atoms with Crippen molar-refractivity contribution in [3.63, 3.8) is 0 Å². The molecule has 0 bridgehead atoms. The van der Waals surface area contributed by atoms with Crippen LogP contribution in [0.15, 0.2) is 48.5 Å². The zero-order valence-electron chi connectivity index (χ0n) is 16.8. The maximum absolute atomic E-state index is 13.0. The Morgan fingerprint density at radius 3 is 2.66 bits per heavy atom. The summed E-state index contributed by atoms with van der Waals surface area (Å²) in [6.07, 6.45) is 2.66. The van der Waals surface area contributed by atoms with E-state index in [1.807, 2.05) is 65.3 Å². The average molecular weight is 393 g/mol. The SMILES string of the molecule is Cc1cccc(NC(=O)CN2CC(C(=O)N3CCCCC3)Oc3ccccc32)c1. The van der Waals surface area contributed by atoms with Crippen molar-refractivity contribution in [2.45, 2.75) is 32.3 Å². The van der Waals surface area contributed by atoms with Crippen molar-refractivity contribution in [1.82, 2.24) is 4.90 Å². The minimum Gasteiger partial charge on any atom is -0.477 e. The Kier molecular flexibility index (Phi) is 5.69. The third-order valence-corrected chi connectivity index (χ3v) is 5.44. The number of carbonyl (C=O) groups is 2. The third-order valence-electron chi connectivity index (χ3n) is 5.44. The van der Waals surface area contributed by atoms with Gasteiger partial charge in [0.05, 0.1) is 18.8 Å². The fourth-order valence-electron chi connectivity index (χ4n) is 4.00. The molecule has 0 aliphatic carbocycles. The number of carbonyl (C=O) groups excluding carboxylic acids is 2. The van der Waals surface area contributed by atoms with E-state index in [1.54, 1.807) is 0 Å². The molecule has 6 nitrogen and oxygen atoms in total. The molecule has 2 aromatic rings. The van der Waals surface area contributed by atoms with Gasteiger partial charge >= 0.3 is 0 Å². The quantitative estimate of drug-likeness (QED) is 0.867. The van der Waals surface area contributed by atoms with Gasteiger partial charge < -0.3 is 19.9 Å². The second-order valence-corrected chi connectivity index (χ2v) is 7.76. The van der Waals surface area contributed by atoms with E-state index in [9.17, 15) is 9.59 Å². The van der Waals surface area contributed by atoms with Crippen LogP contribution in [0.2, 0.25) is 0 Å². The number of para-hydroxylation sites is 2. The van der Waals surface area contributed by atoms with E-state index >= 15 is 0 Å². The molecule has 2 aliphatic rings. The number of benzene rings is 2. The summed E-state index contributed by atoms with van der Waals surface area (Å²) in [7, 11) is 0. The van der Waals surface area contributed by atoms with Gasteiger partial charge in [0.25, 0.3) is 5.91 Å². The molecule has 0 spiro atoms. The predicted molar refractivity (Wildman–Crippen MR) is 113 cm³/mol. The number of piperidine rings is 1. The van der Waals surface area contributed by atoms with Crippen LogP contribution in [0.5, 0.6) is 5.75 Å². The molecule has 2 aromatic carbocycles. The molecule has 152 valence electrons. The number of anilines is 2. The number of ether oxygens (including phenoxy) is 1. The van der Waals surface area contributed by atoms with E-state index in [1.165, 1.54) is 6.42 Å². The number of hydrogen-bond acceptors (Lipinski definition) is 4. The van der Waals surface area contributed by atoms with E-state index in [-0.39, 0.29) is 18.4 Å². The number of amides is 2. The molecule has 1 atom stereocenters. The highest BCUT2D eigenvalue weighted by molar-refractivity contribution is 5.95. The van der Waals surface area contributed by atoms with Crippen molar-refractivity contribution in [2.75, 3.05) is 36.4 Å². The molecular weight excluding hydrogens is 366 g/mol. The van der Waals surface area contributed by atoms with Gasteiger partial charge in [0.15, 0.2) is 6.10 Å². The van der Waals surface area contributed by atoms with Crippen LogP contribution in [0.4, 0.5) is 11.4 Å². The fourth-order valence-corrected chi connectivity index (χ4v) is 4.00. The largest absolute Gasteiger partial charge is 0.477 e. The Labute approximate surface area is 171 Å². The number of rotatable bonds is 4. The van der Waals surface area contributed by atoms with Crippen LogP contribution >= 0.6 is 0 Å². The lowest BCUT2D eigenvalue weighted by molar-refractivity contribution is -0.139. The molecule has 0 saturated carbocycles. The van der Waals surface area contributed by atoms with Crippen LogP contribution in [0.3, 0.4) is 0 Å². The molecule has 2 aliphatic heterocycles. The maximum atomic E-state index is 13.0. The third kappa shape index (κ3) is 4.53. The smallest absolute Gasteiger partial charge is 0.265 e. The van der Waals surface area contributed by atoms with Gasteiger partial charge in [0.1, 0.15) is 5.75 Å². The van der Waals surface area contributed by atoms with E-state index in [0.717, 1.165) is 42.9 Å². The van der Waals surface area contributed by atoms with Gasteiger partial charge in [0.2, 0.25) is 5.91 Å². The van der Waals surface area contributed by atoms with Gasteiger partial charge in [-0.3, -0.25) is 9.59 Å². The molecule has 2 amide bonds. The summed E-state index contributed by atoms with van der Waals surface area (Å²) >= 11 is 0. The topological polar surface area (TPSA) is 61.9 Å². The zero-order chi connectivity index (χ0) is 20.2. The minimum absolute atomic E-state index is 0.0169. The second kappa shape index (κ2) is 8.55. The summed E-state index contributed by atoms with van der Waals surface area (Å²) in [4.78, 5) is 29.5. The average Bonchev–Trinajstić information content (AvgIpc) is 2.73. The normalized spacial score (nSPS) is 18.6. The van der Waals surface area contributed by atoms with Gasteiger partial charge in [0, 0.05) is 18.8 Å². The van der Waals surface area contributed by atoms with Gasteiger partial charge in [-0.15, -0.1) is 0 Å². The van der Waals surface area contributed by atoms with E-state index in [2.05, 4.69) is 5.32 Å². The Balaban J connectivity index is 1.48. The first-order chi connectivity index (χ1) is 14.1. The molecule has 6 heteroatoms. The van der Waals surface area contributed by atoms with Crippen LogP contribution in [0, 0.1) is 6.92 Å². The molecule has 4 rings (SSSR count). The van der Waals surface area contributed by atoms with Gasteiger partial charge in [-0.05, 0) is 56.0 Å². The number of nitrogens with zero attached hydrogens (tertiary/aromatic N) is 2. The van der Waals surface area contributed by atoms with Crippen molar-refractivity contribution in [2.24, 2.45) is 0 Å². The number of aryl methyl sites for hydroxylation is 1. The lowest BCUT2D eigenvalue weighted by atomic mass is 10.1. The second-order valence-electron chi connectivity index (χ2n) is 7.76. The van der Waals surface area contributed by atoms with Crippen molar-refractivity contribution in [3.05, 3.63) is 54.1 Å². The molecule has 1 N–H and O–H groups in total. The van der Waals surface area contributed by atoms with Crippen molar-refractivity contribution < 1.29 is 14.3 Å². The first kappa shape index (κ1) is 19.3. The summed E-state index contributed by atoms with van der Waals surface area (Å²) in [5, 5.41) is 2.95. The minimum atomic E-state index is -0.588. The molecule has 0 aromatic heterocycles. The summed E-state index contributed by atoms with van der Waals surface area (Å²) in [5.74, 6) is 0.553. The monoisotopic (exact) mass is 393 g/mol. The predicted octanol–water partition coefficient (Wildman–Crippen LogP) is 3.21. The number of hydrogen-bond donors (Lipinski definition) is 1. The van der Waals surface area contributed by atoms with Gasteiger partial charge in [-0.1, -0.05) is 24.3 Å². The van der Waals surface area contributed by atoms with Crippen LogP contribution in [-0.4, -0.2) is 49.0 Å². The molecule has 29 heavy (non-hydrogen) atoms. The molecule has 2 heterocycles. The summed E-state index contributed by atoms with van der Waals surface area (Å²) < 4.78 is 6.03. The molecule has 1 unspecified atom stereocenters.